The van der Waals surface area contributed by atoms with Crippen LogP contribution in [0.15, 0.2) is 66.9 Å². The SMILES string of the molecule is C#CC(O)c1cccc(-c2cc3cc(-c4ccc(C)cc4)[nH]c3cn2)c1. The van der Waals surface area contributed by atoms with Crippen molar-refractivity contribution in [3.05, 3.63) is 78.0 Å². The second-order valence-corrected chi connectivity index (χ2v) is 6.40. The molecule has 0 bridgehead atoms. The van der Waals surface area contributed by atoms with E-state index < -0.39 is 6.10 Å². The van der Waals surface area contributed by atoms with Crippen LogP contribution >= 0.6 is 0 Å². The maximum absolute atomic E-state index is 9.86. The summed E-state index contributed by atoms with van der Waals surface area (Å²) in [6.45, 7) is 2.08. The van der Waals surface area contributed by atoms with Crippen LogP contribution in [0.4, 0.5) is 0 Å². The van der Waals surface area contributed by atoms with Crippen LogP contribution in [-0.2, 0) is 0 Å². The standard InChI is InChI=1S/C23H18N2O/c1-3-23(26)18-6-4-5-17(11-18)20-12-19-13-21(25-22(19)14-24-20)16-9-7-15(2)8-10-16/h1,4-14,23,25-26H,2H3. The molecular weight excluding hydrogens is 320 g/mol. The van der Waals surface area contributed by atoms with Gasteiger partial charge in [-0.3, -0.25) is 4.98 Å². The largest absolute Gasteiger partial charge is 0.376 e. The van der Waals surface area contributed by atoms with E-state index in [0.29, 0.717) is 5.56 Å². The van der Waals surface area contributed by atoms with Crippen LogP contribution in [0.25, 0.3) is 33.4 Å². The summed E-state index contributed by atoms with van der Waals surface area (Å²) in [4.78, 5) is 7.98. The minimum Gasteiger partial charge on any atom is -0.376 e. The number of aliphatic hydroxyl groups is 1. The third kappa shape index (κ3) is 2.99. The molecule has 1 atom stereocenters. The number of nitrogens with zero attached hydrogens (tertiary/aromatic N) is 1. The van der Waals surface area contributed by atoms with Gasteiger partial charge in [0.15, 0.2) is 0 Å². The summed E-state index contributed by atoms with van der Waals surface area (Å²) in [5.74, 6) is 2.35. The molecule has 4 rings (SSSR count). The third-order valence-electron chi connectivity index (χ3n) is 4.52. The van der Waals surface area contributed by atoms with Gasteiger partial charge in [0, 0.05) is 16.6 Å². The third-order valence-corrected chi connectivity index (χ3v) is 4.52. The number of aromatic amines is 1. The molecule has 1 unspecified atom stereocenters. The quantitative estimate of drug-likeness (QED) is 0.524. The minimum absolute atomic E-state index is 0.696. The number of rotatable bonds is 3. The fraction of sp³-hybridized carbons (Fsp3) is 0.0870. The Labute approximate surface area is 152 Å². The van der Waals surface area contributed by atoms with Gasteiger partial charge in [-0.25, -0.2) is 0 Å². The number of H-pyrrole nitrogens is 1. The fourth-order valence-corrected chi connectivity index (χ4v) is 3.04. The lowest BCUT2D eigenvalue weighted by molar-refractivity contribution is 0.238. The first kappa shape index (κ1) is 16.1. The molecule has 2 heterocycles. The Hall–Kier alpha value is -3.35. The molecular formula is C23H18N2O. The fourth-order valence-electron chi connectivity index (χ4n) is 3.04. The molecule has 0 aliphatic carbocycles. The van der Waals surface area contributed by atoms with Crippen molar-refractivity contribution in [3.8, 4) is 34.9 Å². The summed E-state index contributed by atoms with van der Waals surface area (Å²) in [5.41, 5.74) is 6.91. The Morgan fingerprint density at radius 1 is 1.04 bits per heavy atom. The zero-order valence-corrected chi connectivity index (χ0v) is 14.4. The van der Waals surface area contributed by atoms with Gasteiger partial charge in [-0.2, -0.15) is 0 Å². The molecule has 3 nitrogen and oxygen atoms in total. The maximum Gasteiger partial charge on any atom is 0.140 e. The Bertz CT molecular complexity index is 1120. The van der Waals surface area contributed by atoms with Gasteiger partial charge in [-0.05, 0) is 36.2 Å². The molecule has 2 N–H and O–H groups in total. The van der Waals surface area contributed by atoms with Gasteiger partial charge in [0.25, 0.3) is 0 Å². The predicted molar refractivity (Wildman–Crippen MR) is 105 cm³/mol. The minimum atomic E-state index is -0.904. The highest BCUT2D eigenvalue weighted by Gasteiger charge is 2.09. The number of aromatic nitrogens is 2. The van der Waals surface area contributed by atoms with Crippen LogP contribution in [0, 0.1) is 19.3 Å². The second kappa shape index (κ2) is 6.51. The summed E-state index contributed by atoms with van der Waals surface area (Å²) in [7, 11) is 0. The molecule has 2 aromatic heterocycles. The zero-order valence-electron chi connectivity index (χ0n) is 14.4. The highest BCUT2D eigenvalue weighted by molar-refractivity contribution is 5.88. The Morgan fingerprint density at radius 3 is 2.62 bits per heavy atom. The lowest BCUT2D eigenvalue weighted by atomic mass is 10.0. The monoisotopic (exact) mass is 338 g/mol. The number of terminal acetylenes is 1. The molecule has 4 aromatic rings. The summed E-state index contributed by atoms with van der Waals surface area (Å²) in [5, 5.41) is 11.0. The molecule has 0 saturated heterocycles. The highest BCUT2D eigenvalue weighted by Crippen LogP contribution is 2.28. The summed E-state index contributed by atoms with van der Waals surface area (Å²) in [6.07, 6.45) is 6.25. The molecule has 26 heavy (non-hydrogen) atoms. The first-order valence-electron chi connectivity index (χ1n) is 8.44. The van der Waals surface area contributed by atoms with E-state index in [1.54, 1.807) is 0 Å². The highest BCUT2D eigenvalue weighted by atomic mass is 16.3. The molecule has 0 radical (unpaired) electrons. The molecule has 0 fully saturated rings. The number of aliphatic hydroxyl groups excluding tert-OH is 1. The van der Waals surface area contributed by atoms with Crippen LogP contribution in [0.3, 0.4) is 0 Å². The van der Waals surface area contributed by atoms with Crippen LogP contribution in [-0.4, -0.2) is 15.1 Å². The average Bonchev–Trinajstić information content (AvgIpc) is 3.11. The van der Waals surface area contributed by atoms with Gasteiger partial charge < -0.3 is 10.1 Å². The summed E-state index contributed by atoms with van der Waals surface area (Å²) < 4.78 is 0. The number of pyridine rings is 1. The zero-order chi connectivity index (χ0) is 18.1. The predicted octanol–water partition coefficient (Wildman–Crippen LogP) is 4.87. The normalized spacial score (nSPS) is 12.0. The molecule has 0 saturated carbocycles. The van der Waals surface area contributed by atoms with E-state index in [0.717, 1.165) is 33.4 Å². The number of benzene rings is 2. The van der Waals surface area contributed by atoms with Crippen molar-refractivity contribution in [1.82, 2.24) is 9.97 Å². The molecule has 3 heteroatoms. The van der Waals surface area contributed by atoms with Crippen LogP contribution in [0.2, 0.25) is 0 Å². The topological polar surface area (TPSA) is 48.9 Å². The number of hydrogen-bond donors (Lipinski definition) is 2. The first-order chi connectivity index (χ1) is 12.6. The molecule has 0 spiro atoms. The van der Waals surface area contributed by atoms with Crippen molar-refractivity contribution in [1.29, 1.82) is 0 Å². The van der Waals surface area contributed by atoms with Crippen molar-refractivity contribution in [2.24, 2.45) is 0 Å². The lowest BCUT2D eigenvalue weighted by Crippen LogP contribution is -1.93. The average molecular weight is 338 g/mol. The second-order valence-electron chi connectivity index (χ2n) is 6.40. The number of nitrogens with one attached hydrogen (secondary N) is 1. The van der Waals surface area contributed by atoms with E-state index in [1.807, 2.05) is 36.5 Å². The molecule has 0 aliphatic rings. The van der Waals surface area contributed by atoms with Gasteiger partial charge in [0.05, 0.1) is 17.4 Å². The number of hydrogen-bond acceptors (Lipinski definition) is 2. The first-order valence-corrected chi connectivity index (χ1v) is 8.44. The van der Waals surface area contributed by atoms with E-state index in [1.165, 1.54) is 5.56 Å². The van der Waals surface area contributed by atoms with Crippen molar-refractivity contribution < 1.29 is 5.11 Å². The van der Waals surface area contributed by atoms with Crippen molar-refractivity contribution >= 4 is 10.9 Å². The van der Waals surface area contributed by atoms with Gasteiger partial charge in [0.2, 0.25) is 0 Å². The van der Waals surface area contributed by atoms with E-state index in [-0.39, 0.29) is 0 Å². The summed E-state index contributed by atoms with van der Waals surface area (Å²) >= 11 is 0. The van der Waals surface area contributed by atoms with Crippen LogP contribution in [0.1, 0.15) is 17.2 Å². The smallest absolute Gasteiger partial charge is 0.140 e. The van der Waals surface area contributed by atoms with Crippen molar-refractivity contribution in [3.63, 3.8) is 0 Å². The van der Waals surface area contributed by atoms with Crippen molar-refractivity contribution in [2.75, 3.05) is 0 Å². The number of aryl methyl sites for hydroxylation is 1. The van der Waals surface area contributed by atoms with Gasteiger partial charge in [-0.1, -0.05) is 53.9 Å². The maximum atomic E-state index is 9.86. The molecule has 126 valence electrons. The lowest BCUT2D eigenvalue weighted by Gasteiger charge is -2.06. The Balaban J connectivity index is 1.74. The van der Waals surface area contributed by atoms with E-state index in [4.69, 9.17) is 6.42 Å². The van der Waals surface area contributed by atoms with Crippen molar-refractivity contribution in [2.45, 2.75) is 13.0 Å². The Morgan fingerprint density at radius 2 is 1.85 bits per heavy atom. The molecule has 0 aliphatic heterocycles. The van der Waals surface area contributed by atoms with Gasteiger partial charge in [-0.15, -0.1) is 6.42 Å². The van der Waals surface area contributed by atoms with Crippen LogP contribution in [0.5, 0.6) is 0 Å². The Kier molecular flexibility index (Phi) is 4.04. The van der Waals surface area contributed by atoms with E-state index in [2.05, 4.69) is 53.1 Å². The van der Waals surface area contributed by atoms with E-state index in [9.17, 15) is 5.11 Å². The summed E-state index contributed by atoms with van der Waals surface area (Å²) in [6, 6.07) is 20.2. The number of fused-ring (bicyclic) bond motifs is 1. The van der Waals surface area contributed by atoms with Gasteiger partial charge in [0.1, 0.15) is 6.10 Å². The van der Waals surface area contributed by atoms with Crippen LogP contribution < -0.4 is 0 Å². The van der Waals surface area contributed by atoms with E-state index >= 15 is 0 Å². The van der Waals surface area contributed by atoms with Gasteiger partial charge >= 0.3 is 0 Å². The molecule has 2 aromatic carbocycles. The molecule has 0 amide bonds.